The van der Waals surface area contributed by atoms with E-state index in [2.05, 4.69) is 10.9 Å². The van der Waals surface area contributed by atoms with Crippen LogP contribution in [-0.4, -0.2) is 22.7 Å². The number of benzene rings is 1. The molecule has 0 atom stereocenters. The van der Waals surface area contributed by atoms with E-state index in [4.69, 9.17) is 16.3 Å². The second-order valence-electron chi connectivity index (χ2n) is 3.74. The summed E-state index contributed by atoms with van der Waals surface area (Å²) in [6, 6.07) is 9.31. The molecule has 0 aliphatic rings. The monoisotopic (exact) mass is 253 g/mol. The maximum Gasteiger partial charge on any atom is 0.328 e. The van der Waals surface area contributed by atoms with Gasteiger partial charge in [0.1, 0.15) is 0 Å². The molecule has 1 aromatic heterocycles. The first kappa shape index (κ1) is 12.7. The van der Waals surface area contributed by atoms with Gasteiger partial charge in [-0.15, -0.1) is 6.42 Å². The highest BCUT2D eigenvalue weighted by molar-refractivity contribution is 5.88. The number of para-hydroxylation sites is 1. The summed E-state index contributed by atoms with van der Waals surface area (Å²) in [5, 5.41) is 9.58. The molecule has 0 saturated heterocycles. The molecule has 0 spiro atoms. The van der Waals surface area contributed by atoms with Crippen LogP contribution in [0.3, 0.4) is 0 Å². The Kier molecular flexibility index (Phi) is 3.79. The smallest absolute Gasteiger partial charge is 0.328 e. The van der Waals surface area contributed by atoms with Gasteiger partial charge in [-0.1, -0.05) is 24.1 Å². The molecule has 0 fully saturated rings. The van der Waals surface area contributed by atoms with Gasteiger partial charge >= 0.3 is 5.97 Å². The largest absolute Gasteiger partial charge is 0.478 e. The molecule has 2 rings (SSSR count). The number of carboxylic acids is 1. The van der Waals surface area contributed by atoms with Crippen molar-refractivity contribution in [1.29, 1.82) is 0 Å². The zero-order chi connectivity index (χ0) is 13.7. The van der Waals surface area contributed by atoms with E-state index in [9.17, 15) is 4.79 Å². The first-order chi connectivity index (χ1) is 9.20. The van der Waals surface area contributed by atoms with Crippen molar-refractivity contribution in [3.05, 3.63) is 42.0 Å². The molecule has 0 aliphatic carbocycles. The molecule has 4 heteroatoms. The van der Waals surface area contributed by atoms with Crippen LogP contribution in [0.2, 0.25) is 0 Å². The Morgan fingerprint density at radius 3 is 3.00 bits per heavy atom. The molecular formula is C15H11NO3. The van der Waals surface area contributed by atoms with Gasteiger partial charge < -0.3 is 9.84 Å². The van der Waals surface area contributed by atoms with E-state index in [0.717, 1.165) is 17.0 Å². The first-order valence-corrected chi connectivity index (χ1v) is 5.58. The lowest BCUT2D eigenvalue weighted by atomic mass is 10.1. The normalized spacial score (nSPS) is 10.5. The molecule has 94 valence electrons. The standard InChI is InChI=1S/C15H11NO3/c1-2-9-19-15-12(7-8-14(17)18)10-11-5-3-4-6-13(11)16-15/h1,3-8,10H,9H2,(H,17,18). The van der Waals surface area contributed by atoms with Crippen LogP contribution in [0, 0.1) is 12.3 Å². The quantitative estimate of drug-likeness (QED) is 0.671. The van der Waals surface area contributed by atoms with Gasteiger partial charge in [0.25, 0.3) is 0 Å². The first-order valence-electron chi connectivity index (χ1n) is 5.58. The highest BCUT2D eigenvalue weighted by atomic mass is 16.5. The Morgan fingerprint density at radius 2 is 2.26 bits per heavy atom. The number of pyridine rings is 1. The van der Waals surface area contributed by atoms with Crippen molar-refractivity contribution >= 4 is 22.9 Å². The molecule has 2 aromatic rings. The predicted molar refractivity (Wildman–Crippen MR) is 72.7 cm³/mol. The number of fused-ring (bicyclic) bond motifs is 1. The molecule has 0 bridgehead atoms. The van der Waals surface area contributed by atoms with Gasteiger partial charge in [0.2, 0.25) is 5.88 Å². The van der Waals surface area contributed by atoms with Crippen LogP contribution in [0.15, 0.2) is 36.4 Å². The molecular weight excluding hydrogens is 242 g/mol. The second kappa shape index (κ2) is 5.69. The van der Waals surface area contributed by atoms with Gasteiger partial charge in [0, 0.05) is 17.0 Å². The Balaban J connectivity index is 2.50. The SMILES string of the molecule is C#CCOc1nc2ccccc2cc1C=CC(=O)O. The summed E-state index contributed by atoms with van der Waals surface area (Å²) in [7, 11) is 0. The summed E-state index contributed by atoms with van der Waals surface area (Å²) in [4.78, 5) is 14.9. The summed E-state index contributed by atoms with van der Waals surface area (Å²) in [6.45, 7) is 0.0826. The molecule has 0 unspecified atom stereocenters. The summed E-state index contributed by atoms with van der Waals surface area (Å²) >= 11 is 0. The minimum absolute atomic E-state index is 0.0826. The Labute approximate surface area is 110 Å². The van der Waals surface area contributed by atoms with E-state index >= 15 is 0 Å². The second-order valence-corrected chi connectivity index (χ2v) is 3.74. The van der Waals surface area contributed by atoms with E-state index < -0.39 is 5.97 Å². The molecule has 0 radical (unpaired) electrons. The van der Waals surface area contributed by atoms with Crippen molar-refractivity contribution in [3.63, 3.8) is 0 Å². The van der Waals surface area contributed by atoms with Crippen LogP contribution in [0.4, 0.5) is 0 Å². The third-order valence-electron chi connectivity index (χ3n) is 2.41. The Bertz CT molecular complexity index is 683. The lowest BCUT2D eigenvalue weighted by Gasteiger charge is -2.07. The summed E-state index contributed by atoms with van der Waals surface area (Å²) in [5.74, 6) is 1.65. The minimum Gasteiger partial charge on any atom is -0.478 e. The number of ether oxygens (including phenoxy) is 1. The number of terminal acetylenes is 1. The fourth-order valence-electron chi connectivity index (χ4n) is 1.62. The Hall–Kier alpha value is -2.80. The van der Waals surface area contributed by atoms with E-state index in [1.807, 2.05) is 30.3 Å². The molecule has 0 saturated carbocycles. The molecule has 19 heavy (non-hydrogen) atoms. The van der Waals surface area contributed by atoms with Crippen LogP contribution in [-0.2, 0) is 4.79 Å². The average molecular weight is 253 g/mol. The highest BCUT2D eigenvalue weighted by Gasteiger charge is 2.06. The van der Waals surface area contributed by atoms with Crippen molar-refractivity contribution in [3.8, 4) is 18.2 Å². The third kappa shape index (κ3) is 3.11. The van der Waals surface area contributed by atoms with Crippen LogP contribution in [0.25, 0.3) is 17.0 Å². The van der Waals surface area contributed by atoms with E-state index in [1.165, 1.54) is 6.08 Å². The maximum atomic E-state index is 10.6. The van der Waals surface area contributed by atoms with Crippen molar-refractivity contribution < 1.29 is 14.6 Å². The molecule has 0 aliphatic heterocycles. The topological polar surface area (TPSA) is 59.4 Å². The van der Waals surface area contributed by atoms with Crippen molar-refractivity contribution in [1.82, 2.24) is 4.98 Å². The summed E-state index contributed by atoms with van der Waals surface area (Å²) in [6.07, 6.45) is 7.62. The molecule has 1 aromatic carbocycles. The van der Waals surface area contributed by atoms with E-state index in [0.29, 0.717) is 11.4 Å². The molecule has 4 nitrogen and oxygen atoms in total. The predicted octanol–water partition coefficient (Wildman–Crippen LogP) is 2.34. The maximum absolute atomic E-state index is 10.6. The minimum atomic E-state index is -1.03. The fraction of sp³-hybridized carbons (Fsp3) is 0.0667. The summed E-state index contributed by atoms with van der Waals surface area (Å²) < 4.78 is 5.34. The Morgan fingerprint density at radius 1 is 1.47 bits per heavy atom. The fourth-order valence-corrected chi connectivity index (χ4v) is 1.62. The van der Waals surface area contributed by atoms with Crippen molar-refractivity contribution in [2.24, 2.45) is 0 Å². The van der Waals surface area contributed by atoms with Gasteiger partial charge in [-0.2, -0.15) is 0 Å². The number of carboxylic acid groups (broad SMARTS) is 1. The lowest BCUT2D eigenvalue weighted by molar-refractivity contribution is -0.131. The van der Waals surface area contributed by atoms with Gasteiger partial charge in [-0.3, -0.25) is 0 Å². The highest BCUT2D eigenvalue weighted by Crippen LogP contribution is 2.23. The molecule has 1 N–H and O–H groups in total. The average Bonchev–Trinajstić information content (AvgIpc) is 2.42. The van der Waals surface area contributed by atoms with Gasteiger partial charge in [0.15, 0.2) is 6.61 Å². The van der Waals surface area contributed by atoms with Crippen molar-refractivity contribution in [2.45, 2.75) is 0 Å². The van der Waals surface area contributed by atoms with Crippen LogP contribution < -0.4 is 4.74 Å². The zero-order valence-corrected chi connectivity index (χ0v) is 10.0. The van der Waals surface area contributed by atoms with E-state index in [-0.39, 0.29) is 6.61 Å². The van der Waals surface area contributed by atoms with Crippen LogP contribution in [0.5, 0.6) is 5.88 Å². The molecule has 1 heterocycles. The number of carbonyl (C=O) groups is 1. The lowest BCUT2D eigenvalue weighted by Crippen LogP contribution is -1.99. The van der Waals surface area contributed by atoms with Crippen LogP contribution in [0.1, 0.15) is 5.56 Å². The number of rotatable bonds is 4. The van der Waals surface area contributed by atoms with Gasteiger partial charge in [-0.25, -0.2) is 9.78 Å². The third-order valence-corrected chi connectivity index (χ3v) is 2.41. The van der Waals surface area contributed by atoms with Gasteiger partial charge in [-0.05, 0) is 18.2 Å². The zero-order valence-electron chi connectivity index (χ0n) is 10.0. The molecule has 0 amide bonds. The number of hydrogen-bond acceptors (Lipinski definition) is 3. The summed E-state index contributed by atoms with van der Waals surface area (Å²) in [5.41, 5.74) is 1.35. The number of aromatic nitrogens is 1. The van der Waals surface area contributed by atoms with E-state index in [1.54, 1.807) is 0 Å². The number of hydrogen-bond donors (Lipinski definition) is 1. The number of nitrogens with zero attached hydrogens (tertiary/aromatic N) is 1. The van der Waals surface area contributed by atoms with Crippen molar-refractivity contribution in [2.75, 3.05) is 6.61 Å². The number of aliphatic carboxylic acids is 1. The van der Waals surface area contributed by atoms with Crippen LogP contribution >= 0.6 is 0 Å². The van der Waals surface area contributed by atoms with Gasteiger partial charge in [0.05, 0.1) is 5.52 Å².